The fraction of sp³-hybridized carbons (Fsp3) is 0.721. The summed E-state index contributed by atoms with van der Waals surface area (Å²) in [6.07, 6.45) is 44.1. The summed E-state index contributed by atoms with van der Waals surface area (Å²) in [6.45, 7) is 4.05. The van der Waals surface area contributed by atoms with Gasteiger partial charge >= 0.3 is 19.8 Å². The number of unbranched alkanes of at least 4 members (excludes halogenated alkanes) is 14. The lowest BCUT2D eigenvalue weighted by atomic mass is 10.0. The number of carbonyl (C=O) groups excluding carboxylic acids is 2. The SMILES string of the molecule is CC/C=C\C/C=C\C/C=C\C/C=C\C/C=C\CCCCCC(=O)OCC(COP(=O)(O)OCCNC)OC(=O)CCCCCCCCCCCCCC. The topological polar surface area (TPSA) is 120 Å². The maximum atomic E-state index is 12.6. The van der Waals surface area contributed by atoms with E-state index < -0.39 is 32.5 Å². The minimum absolute atomic E-state index is 0.0241. The average Bonchev–Trinajstić information content (AvgIpc) is 3.14. The van der Waals surface area contributed by atoms with E-state index in [4.69, 9.17) is 18.5 Å². The Morgan fingerprint density at radius 3 is 1.60 bits per heavy atom. The Balaban J connectivity index is 4.30. The Labute approximate surface area is 323 Å². The van der Waals surface area contributed by atoms with Crippen LogP contribution in [0, 0.1) is 0 Å². The number of rotatable bonds is 38. The van der Waals surface area contributed by atoms with E-state index in [0.717, 1.165) is 64.2 Å². The monoisotopic (exact) mass is 766 g/mol. The van der Waals surface area contributed by atoms with Gasteiger partial charge in [0.25, 0.3) is 0 Å². The summed E-state index contributed by atoms with van der Waals surface area (Å²) in [7, 11) is -2.66. The average molecular weight is 766 g/mol. The molecule has 2 atom stereocenters. The molecule has 9 nitrogen and oxygen atoms in total. The third-order valence-corrected chi connectivity index (χ3v) is 9.39. The summed E-state index contributed by atoms with van der Waals surface area (Å²) in [6, 6.07) is 0. The molecule has 306 valence electrons. The second-order valence-corrected chi connectivity index (χ2v) is 14.9. The summed E-state index contributed by atoms with van der Waals surface area (Å²) in [5, 5.41) is 2.82. The zero-order valence-electron chi connectivity index (χ0n) is 33.7. The van der Waals surface area contributed by atoms with Crippen molar-refractivity contribution < 1.29 is 37.6 Å². The van der Waals surface area contributed by atoms with Gasteiger partial charge in [-0.15, -0.1) is 0 Å². The summed E-state index contributed by atoms with van der Waals surface area (Å²) < 4.78 is 33.1. The molecular formula is C43H76NO8P. The molecule has 0 saturated heterocycles. The quantitative estimate of drug-likeness (QED) is 0.0274. The molecule has 0 radical (unpaired) electrons. The zero-order valence-corrected chi connectivity index (χ0v) is 34.6. The largest absolute Gasteiger partial charge is 0.472 e. The second-order valence-electron chi connectivity index (χ2n) is 13.4. The van der Waals surface area contributed by atoms with Crippen LogP contribution in [0.15, 0.2) is 60.8 Å². The van der Waals surface area contributed by atoms with Crippen LogP contribution in [0.5, 0.6) is 0 Å². The number of esters is 2. The van der Waals surface area contributed by atoms with E-state index in [0.29, 0.717) is 19.4 Å². The highest BCUT2D eigenvalue weighted by molar-refractivity contribution is 7.47. The van der Waals surface area contributed by atoms with E-state index >= 15 is 0 Å². The number of hydrogen-bond donors (Lipinski definition) is 2. The highest BCUT2D eigenvalue weighted by atomic mass is 31.2. The number of phosphoric acid groups is 1. The lowest BCUT2D eigenvalue weighted by Crippen LogP contribution is -2.29. The van der Waals surface area contributed by atoms with Crippen LogP contribution in [0.25, 0.3) is 0 Å². The molecule has 0 heterocycles. The van der Waals surface area contributed by atoms with Crippen molar-refractivity contribution in [3.05, 3.63) is 60.8 Å². The van der Waals surface area contributed by atoms with Gasteiger partial charge < -0.3 is 19.7 Å². The normalized spacial score (nSPS) is 14.0. The fourth-order valence-corrected chi connectivity index (χ4v) is 6.04. The van der Waals surface area contributed by atoms with Crippen molar-refractivity contribution in [1.29, 1.82) is 0 Å². The van der Waals surface area contributed by atoms with E-state index in [1.54, 1.807) is 7.05 Å². The highest BCUT2D eigenvalue weighted by Crippen LogP contribution is 2.43. The molecular weight excluding hydrogens is 689 g/mol. The third kappa shape index (κ3) is 39.2. The predicted octanol–water partition coefficient (Wildman–Crippen LogP) is 11.6. The molecule has 0 amide bonds. The number of nitrogens with one attached hydrogen (secondary N) is 1. The van der Waals surface area contributed by atoms with Crippen molar-refractivity contribution >= 4 is 19.8 Å². The zero-order chi connectivity index (χ0) is 38.9. The smallest absolute Gasteiger partial charge is 0.462 e. The van der Waals surface area contributed by atoms with Crippen molar-refractivity contribution in [2.45, 2.75) is 168 Å². The number of ether oxygens (including phenoxy) is 2. The van der Waals surface area contributed by atoms with Crippen LogP contribution in [0.4, 0.5) is 0 Å². The lowest BCUT2D eigenvalue weighted by molar-refractivity contribution is -0.161. The van der Waals surface area contributed by atoms with Gasteiger partial charge in [0.05, 0.1) is 13.2 Å². The summed E-state index contributed by atoms with van der Waals surface area (Å²) in [5.74, 6) is -0.847. The van der Waals surface area contributed by atoms with Crippen molar-refractivity contribution in [3.63, 3.8) is 0 Å². The molecule has 0 aromatic heterocycles. The van der Waals surface area contributed by atoms with Crippen molar-refractivity contribution in [1.82, 2.24) is 5.32 Å². The molecule has 0 aliphatic carbocycles. The van der Waals surface area contributed by atoms with Crippen LogP contribution in [0.3, 0.4) is 0 Å². The first-order valence-electron chi connectivity index (χ1n) is 20.7. The van der Waals surface area contributed by atoms with Crippen molar-refractivity contribution in [2.24, 2.45) is 0 Å². The van der Waals surface area contributed by atoms with Crippen LogP contribution in [0.1, 0.15) is 162 Å². The molecule has 53 heavy (non-hydrogen) atoms. The summed E-state index contributed by atoms with van der Waals surface area (Å²) >= 11 is 0. The first-order chi connectivity index (χ1) is 25.8. The van der Waals surface area contributed by atoms with Crippen LogP contribution >= 0.6 is 7.82 Å². The summed E-state index contributed by atoms with van der Waals surface area (Å²) in [5.41, 5.74) is 0. The molecule has 2 N–H and O–H groups in total. The molecule has 0 fully saturated rings. The fourth-order valence-electron chi connectivity index (χ4n) is 5.28. The first kappa shape index (κ1) is 50.7. The lowest BCUT2D eigenvalue weighted by Gasteiger charge is -2.20. The Bertz CT molecular complexity index is 1050. The van der Waals surface area contributed by atoms with Crippen molar-refractivity contribution in [3.8, 4) is 0 Å². The van der Waals surface area contributed by atoms with Crippen LogP contribution in [0.2, 0.25) is 0 Å². The van der Waals surface area contributed by atoms with Gasteiger partial charge in [0.15, 0.2) is 6.10 Å². The van der Waals surface area contributed by atoms with Gasteiger partial charge in [0.1, 0.15) is 6.61 Å². The highest BCUT2D eigenvalue weighted by Gasteiger charge is 2.26. The maximum Gasteiger partial charge on any atom is 0.472 e. The number of allylic oxidation sites excluding steroid dienone is 10. The standard InChI is InChI=1S/C43H76NO8P/c1-4-6-8-10-12-14-16-18-19-20-21-22-23-24-26-27-29-31-33-35-42(45)49-39-41(40-51-53(47,48)50-38-37-44-3)52-43(46)36-34-32-30-28-25-17-15-13-11-9-7-5-2/h6,8,12,14,18-19,21-22,24,26,41,44H,4-5,7,9-11,13,15-17,20,23,25,27-40H2,1-3H3,(H,47,48)/b8-6-,14-12-,19-18-,22-21-,26-24-. The third-order valence-electron chi connectivity index (χ3n) is 8.40. The van der Waals surface area contributed by atoms with E-state index in [-0.39, 0.29) is 26.1 Å². The van der Waals surface area contributed by atoms with Crippen LogP contribution in [-0.2, 0) is 32.7 Å². The van der Waals surface area contributed by atoms with Crippen molar-refractivity contribution in [2.75, 3.05) is 33.4 Å². The van der Waals surface area contributed by atoms with Crippen LogP contribution < -0.4 is 5.32 Å². The second kappa shape index (κ2) is 39.4. The molecule has 0 spiro atoms. The van der Waals surface area contributed by atoms with Gasteiger partial charge in [-0.1, -0.05) is 152 Å². The maximum absolute atomic E-state index is 12.6. The Kier molecular flexibility index (Phi) is 37.7. The molecule has 0 saturated carbocycles. The van der Waals surface area contributed by atoms with Gasteiger partial charge in [-0.25, -0.2) is 4.57 Å². The Morgan fingerprint density at radius 1 is 0.604 bits per heavy atom. The number of likely N-dealkylation sites (N-methyl/N-ethyl adjacent to an activating group) is 1. The van der Waals surface area contributed by atoms with E-state index in [1.807, 2.05) is 0 Å². The molecule has 0 bridgehead atoms. The van der Waals surface area contributed by atoms with Gasteiger partial charge in [-0.3, -0.25) is 18.6 Å². The minimum Gasteiger partial charge on any atom is -0.462 e. The van der Waals surface area contributed by atoms with Gasteiger partial charge in [0, 0.05) is 19.4 Å². The number of phosphoric ester groups is 1. The van der Waals surface area contributed by atoms with E-state index in [9.17, 15) is 19.0 Å². The minimum atomic E-state index is -4.35. The first-order valence-corrected chi connectivity index (χ1v) is 22.2. The molecule has 2 unspecified atom stereocenters. The molecule has 0 aromatic carbocycles. The number of hydrogen-bond acceptors (Lipinski definition) is 8. The molecule has 0 aliphatic rings. The van der Waals surface area contributed by atoms with E-state index in [1.165, 1.54) is 57.8 Å². The van der Waals surface area contributed by atoms with Gasteiger partial charge in [-0.2, -0.15) is 0 Å². The van der Waals surface area contributed by atoms with Crippen LogP contribution in [-0.4, -0.2) is 56.3 Å². The van der Waals surface area contributed by atoms with Gasteiger partial charge in [-0.05, 0) is 64.8 Å². The Hall–Kier alpha value is -2.29. The molecule has 0 aromatic rings. The predicted molar refractivity (Wildman–Crippen MR) is 220 cm³/mol. The summed E-state index contributed by atoms with van der Waals surface area (Å²) in [4.78, 5) is 35.0. The van der Waals surface area contributed by atoms with Gasteiger partial charge in [0.2, 0.25) is 0 Å². The molecule has 0 rings (SSSR count). The van der Waals surface area contributed by atoms with E-state index in [2.05, 4.69) is 79.9 Å². The molecule has 0 aliphatic heterocycles. The number of carbonyl (C=O) groups is 2. The molecule has 10 heteroatoms. The Morgan fingerprint density at radius 2 is 1.08 bits per heavy atom.